The predicted molar refractivity (Wildman–Crippen MR) is 127 cm³/mol. The molecule has 166 valence electrons. The molecule has 1 N–H and O–H groups in total. The molecule has 6 nitrogen and oxygen atoms in total. The van der Waals surface area contributed by atoms with Gasteiger partial charge in [0.15, 0.2) is 6.61 Å². The van der Waals surface area contributed by atoms with Gasteiger partial charge in [-0.2, -0.15) is 0 Å². The van der Waals surface area contributed by atoms with Gasteiger partial charge in [0.2, 0.25) is 0 Å². The predicted octanol–water partition coefficient (Wildman–Crippen LogP) is 4.94. The summed E-state index contributed by atoms with van der Waals surface area (Å²) >= 11 is 0. The average Bonchev–Trinajstić information content (AvgIpc) is 2.87. The number of fused-ring (bicyclic) bond motifs is 1. The van der Waals surface area contributed by atoms with Crippen LogP contribution in [0.1, 0.15) is 28.9 Å². The Morgan fingerprint density at radius 3 is 2.36 bits per heavy atom. The molecule has 0 saturated carbocycles. The van der Waals surface area contributed by atoms with Gasteiger partial charge in [0.05, 0.1) is 29.9 Å². The van der Waals surface area contributed by atoms with Crippen molar-refractivity contribution in [3.63, 3.8) is 0 Å². The number of hydrogen-bond donors (Lipinski definition) is 1. The molecule has 33 heavy (non-hydrogen) atoms. The van der Waals surface area contributed by atoms with Crippen LogP contribution in [-0.2, 0) is 9.53 Å². The lowest BCUT2D eigenvalue weighted by atomic mass is 10.0. The number of benzene rings is 3. The molecule has 1 amide bonds. The van der Waals surface area contributed by atoms with Gasteiger partial charge in [-0.25, -0.2) is 9.78 Å². The summed E-state index contributed by atoms with van der Waals surface area (Å²) in [5.41, 5.74) is 3.46. The van der Waals surface area contributed by atoms with Crippen LogP contribution in [0.15, 0.2) is 84.9 Å². The topological polar surface area (TPSA) is 77.5 Å². The minimum Gasteiger partial charge on any atom is -0.497 e. The Bertz CT molecular complexity index is 1270. The molecule has 0 fully saturated rings. The molecule has 1 atom stereocenters. The van der Waals surface area contributed by atoms with Crippen molar-refractivity contribution in [3.05, 3.63) is 96.1 Å². The first kappa shape index (κ1) is 22.0. The lowest BCUT2D eigenvalue weighted by Gasteiger charge is -2.15. The number of nitrogens with one attached hydrogen (secondary N) is 1. The summed E-state index contributed by atoms with van der Waals surface area (Å²) in [6.07, 6.45) is 0. The van der Waals surface area contributed by atoms with Crippen molar-refractivity contribution in [1.29, 1.82) is 0 Å². The van der Waals surface area contributed by atoms with Gasteiger partial charge in [-0.15, -0.1) is 0 Å². The zero-order valence-corrected chi connectivity index (χ0v) is 18.4. The van der Waals surface area contributed by atoms with Crippen molar-refractivity contribution in [3.8, 4) is 17.0 Å². The van der Waals surface area contributed by atoms with E-state index in [4.69, 9.17) is 9.47 Å². The number of methoxy groups -OCH3 is 1. The molecule has 4 rings (SSSR count). The number of para-hydroxylation sites is 1. The Hall–Kier alpha value is -4.19. The van der Waals surface area contributed by atoms with Crippen molar-refractivity contribution in [1.82, 2.24) is 10.3 Å². The van der Waals surface area contributed by atoms with E-state index in [-0.39, 0.29) is 18.6 Å². The Morgan fingerprint density at radius 1 is 0.939 bits per heavy atom. The van der Waals surface area contributed by atoms with E-state index < -0.39 is 5.97 Å². The maximum atomic E-state index is 13.0. The van der Waals surface area contributed by atoms with E-state index in [9.17, 15) is 9.59 Å². The Morgan fingerprint density at radius 2 is 1.64 bits per heavy atom. The first-order chi connectivity index (χ1) is 16.0. The van der Waals surface area contributed by atoms with Crippen LogP contribution in [0.4, 0.5) is 0 Å². The summed E-state index contributed by atoms with van der Waals surface area (Å²) in [6, 6.07) is 25.9. The normalized spacial score (nSPS) is 11.6. The highest BCUT2D eigenvalue weighted by Gasteiger charge is 2.17. The number of amides is 1. The first-order valence-corrected chi connectivity index (χ1v) is 10.6. The molecule has 0 aliphatic rings. The van der Waals surface area contributed by atoms with Crippen molar-refractivity contribution < 1.29 is 19.1 Å². The lowest BCUT2D eigenvalue weighted by molar-refractivity contribution is -0.124. The van der Waals surface area contributed by atoms with Crippen LogP contribution in [0, 0.1) is 0 Å². The number of carbonyl (C=O) groups excluding carboxylic acids is 2. The Labute approximate surface area is 192 Å². The number of carbonyl (C=O) groups is 2. The van der Waals surface area contributed by atoms with E-state index in [1.165, 1.54) is 0 Å². The molecule has 0 aliphatic heterocycles. The molecule has 1 aromatic heterocycles. The fraction of sp³-hybridized carbons (Fsp3) is 0.148. The molecule has 6 heteroatoms. The summed E-state index contributed by atoms with van der Waals surface area (Å²) in [6.45, 7) is 1.51. The van der Waals surface area contributed by atoms with Gasteiger partial charge in [0.25, 0.3) is 5.91 Å². The first-order valence-electron chi connectivity index (χ1n) is 10.6. The monoisotopic (exact) mass is 440 g/mol. The van der Waals surface area contributed by atoms with Gasteiger partial charge >= 0.3 is 5.97 Å². The molecule has 3 aromatic carbocycles. The van der Waals surface area contributed by atoms with E-state index in [1.807, 2.05) is 85.8 Å². The van der Waals surface area contributed by atoms with Crippen molar-refractivity contribution in [2.45, 2.75) is 13.0 Å². The number of ether oxygens (including phenoxy) is 2. The number of aromatic nitrogens is 1. The maximum absolute atomic E-state index is 13.0. The third kappa shape index (κ3) is 5.18. The molecule has 0 spiro atoms. The Kier molecular flexibility index (Phi) is 6.64. The second kappa shape index (κ2) is 9.96. The largest absolute Gasteiger partial charge is 0.497 e. The smallest absolute Gasteiger partial charge is 0.339 e. The van der Waals surface area contributed by atoms with Crippen LogP contribution in [-0.4, -0.2) is 30.6 Å². The summed E-state index contributed by atoms with van der Waals surface area (Å²) < 4.78 is 10.6. The van der Waals surface area contributed by atoms with E-state index in [1.54, 1.807) is 13.2 Å². The van der Waals surface area contributed by atoms with Crippen LogP contribution < -0.4 is 10.1 Å². The summed E-state index contributed by atoms with van der Waals surface area (Å²) in [4.78, 5) is 30.0. The van der Waals surface area contributed by atoms with E-state index in [0.717, 1.165) is 16.9 Å². The molecular formula is C27H24N2O4. The highest BCUT2D eigenvalue weighted by molar-refractivity contribution is 6.05. The second-order valence-electron chi connectivity index (χ2n) is 7.58. The van der Waals surface area contributed by atoms with Gasteiger partial charge in [0.1, 0.15) is 5.75 Å². The van der Waals surface area contributed by atoms with Gasteiger partial charge in [0, 0.05) is 10.9 Å². The molecule has 0 aliphatic carbocycles. The van der Waals surface area contributed by atoms with E-state index in [2.05, 4.69) is 10.3 Å². The summed E-state index contributed by atoms with van der Waals surface area (Å²) in [7, 11) is 1.61. The minimum atomic E-state index is -0.578. The van der Waals surface area contributed by atoms with Crippen molar-refractivity contribution in [2.24, 2.45) is 0 Å². The van der Waals surface area contributed by atoms with Crippen LogP contribution in [0.3, 0.4) is 0 Å². The van der Waals surface area contributed by atoms with Gasteiger partial charge in [-0.05, 0) is 48.9 Å². The van der Waals surface area contributed by atoms with Crippen LogP contribution in [0.5, 0.6) is 5.75 Å². The molecule has 4 aromatic rings. The van der Waals surface area contributed by atoms with Gasteiger partial charge in [-0.1, -0.05) is 48.5 Å². The highest BCUT2D eigenvalue weighted by Crippen LogP contribution is 2.27. The maximum Gasteiger partial charge on any atom is 0.339 e. The zero-order chi connectivity index (χ0) is 23.2. The number of nitrogens with zero attached hydrogens (tertiary/aromatic N) is 1. The molecule has 0 saturated heterocycles. The molecule has 1 heterocycles. The average molecular weight is 440 g/mol. The van der Waals surface area contributed by atoms with E-state index >= 15 is 0 Å². The number of pyridine rings is 1. The third-order valence-corrected chi connectivity index (χ3v) is 5.33. The van der Waals surface area contributed by atoms with Crippen LogP contribution in [0.25, 0.3) is 22.2 Å². The van der Waals surface area contributed by atoms with Gasteiger partial charge in [-0.3, -0.25) is 4.79 Å². The lowest BCUT2D eigenvalue weighted by Crippen LogP contribution is -2.31. The summed E-state index contributed by atoms with van der Waals surface area (Å²) in [5.74, 6) is -0.214. The zero-order valence-electron chi connectivity index (χ0n) is 18.4. The Balaban J connectivity index is 1.52. The van der Waals surface area contributed by atoms with E-state index in [0.29, 0.717) is 22.2 Å². The van der Waals surface area contributed by atoms with Crippen LogP contribution >= 0.6 is 0 Å². The molecule has 0 radical (unpaired) electrons. The number of esters is 1. The fourth-order valence-corrected chi connectivity index (χ4v) is 3.57. The second-order valence-corrected chi connectivity index (χ2v) is 7.58. The highest BCUT2D eigenvalue weighted by atomic mass is 16.5. The molecular weight excluding hydrogens is 416 g/mol. The quantitative estimate of drug-likeness (QED) is 0.412. The van der Waals surface area contributed by atoms with Crippen molar-refractivity contribution in [2.75, 3.05) is 13.7 Å². The SMILES string of the molecule is COc1ccc(-c2cc(C(=O)OCC(=O)N[C@H](C)c3ccccc3)c3ccccc3n2)cc1. The van der Waals surface area contributed by atoms with Gasteiger partial charge < -0.3 is 14.8 Å². The van der Waals surface area contributed by atoms with Crippen molar-refractivity contribution >= 4 is 22.8 Å². The number of hydrogen-bond acceptors (Lipinski definition) is 5. The summed E-state index contributed by atoms with van der Waals surface area (Å²) in [5, 5.41) is 3.51. The fourth-order valence-electron chi connectivity index (χ4n) is 3.57. The molecule has 0 unspecified atom stereocenters. The molecule has 0 bridgehead atoms. The standard InChI is InChI=1S/C27H24N2O4/c1-18(19-8-4-3-5-9-19)28-26(30)17-33-27(31)23-16-25(20-12-14-21(32-2)15-13-20)29-24-11-7-6-10-22(23)24/h3-16,18H,17H2,1-2H3,(H,28,30)/t18-/m1/s1. The number of rotatable bonds is 7. The van der Waals surface area contributed by atoms with Crippen LogP contribution in [0.2, 0.25) is 0 Å². The third-order valence-electron chi connectivity index (χ3n) is 5.33. The minimum absolute atomic E-state index is 0.194.